The zero-order chi connectivity index (χ0) is 19.6. The molecule has 1 aromatic carbocycles. The molecule has 0 unspecified atom stereocenters. The highest BCUT2D eigenvalue weighted by Gasteiger charge is 2.86. The van der Waals surface area contributed by atoms with Gasteiger partial charge in [0.1, 0.15) is 5.41 Å². The lowest BCUT2D eigenvalue weighted by atomic mass is 9.55. The van der Waals surface area contributed by atoms with Crippen LogP contribution < -0.4 is 5.01 Å². The van der Waals surface area contributed by atoms with Crippen molar-refractivity contribution in [3.63, 3.8) is 0 Å². The number of amides is 1. The number of ether oxygens (including phenoxy) is 1. The topological polar surface area (TPSA) is 59.0 Å². The molecule has 1 saturated carbocycles. The molecule has 1 heterocycles. The number of allylic oxidation sites excluding steroid dienone is 2. The van der Waals surface area contributed by atoms with E-state index in [9.17, 15) is 22.8 Å². The summed E-state index contributed by atoms with van der Waals surface area (Å²) in [4.78, 5) is 26.1. The van der Waals surface area contributed by atoms with Gasteiger partial charge in [-0.15, -0.1) is 0 Å². The smallest absolute Gasteiger partial charge is 0.406 e. The summed E-state index contributed by atoms with van der Waals surface area (Å²) >= 11 is 0. The summed E-state index contributed by atoms with van der Waals surface area (Å²) in [6, 6.07) is 8.23. The first-order valence-electron chi connectivity index (χ1n) is 8.51. The third-order valence-electron chi connectivity index (χ3n) is 6.12. The second-order valence-electron chi connectivity index (χ2n) is 7.08. The monoisotopic (exact) mass is 378 g/mol. The molecule has 1 amide bonds. The number of esters is 1. The number of carbonyl (C=O) groups is 2. The van der Waals surface area contributed by atoms with Gasteiger partial charge in [0.2, 0.25) is 0 Å². The van der Waals surface area contributed by atoms with Crippen LogP contribution in [0.4, 0.5) is 18.9 Å². The minimum atomic E-state index is -4.98. The Balaban J connectivity index is 1.98. The average Bonchev–Trinajstić information content (AvgIpc) is 3.29. The van der Waals surface area contributed by atoms with Gasteiger partial charge < -0.3 is 4.74 Å². The van der Waals surface area contributed by atoms with Gasteiger partial charge in [-0.3, -0.25) is 9.59 Å². The molecule has 1 aromatic rings. The molecule has 142 valence electrons. The third-order valence-corrected chi connectivity index (χ3v) is 6.12. The quantitative estimate of drug-likeness (QED) is 0.586. The number of halogens is 3. The largest absolute Gasteiger partial charge is 0.468 e. The van der Waals surface area contributed by atoms with Crippen LogP contribution in [0.1, 0.15) is 13.3 Å². The van der Waals surface area contributed by atoms with Crippen LogP contribution in [0.3, 0.4) is 0 Å². The minimum Gasteiger partial charge on any atom is -0.468 e. The number of nitrogens with zero attached hydrogens (tertiary/aromatic N) is 2. The Morgan fingerprint density at radius 1 is 1.22 bits per heavy atom. The van der Waals surface area contributed by atoms with Crippen LogP contribution in [0, 0.1) is 22.7 Å². The van der Waals surface area contributed by atoms with E-state index in [1.54, 1.807) is 36.4 Å². The Labute approximate surface area is 153 Å². The number of carbonyl (C=O) groups excluding carboxylic acids is 2. The number of hydrogen-bond acceptors (Lipinski definition) is 4. The van der Waals surface area contributed by atoms with E-state index in [0.29, 0.717) is 5.69 Å². The zero-order valence-corrected chi connectivity index (χ0v) is 14.7. The fourth-order valence-corrected chi connectivity index (χ4v) is 5.17. The van der Waals surface area contributed by atoms with E-state index in [0.717, 1.165) is 12.1 Å². The number of benzene rings is 1. The van der Waals surface area contributed by atoms with E-state index in [1.165, 1.54) is 13.0 Å². The van der Waals surface area contributed by atoms with Gasteiger partial charge in [-0.2, -0.15) is 23.3 Å². The number of methoxy groups -OCH3 is 1. The first-order chi connectivity index (χ1) is 12.7. The lowest BCUT2D eigenvalue weighted by molar-refractivity contribution is -0.258. The van der Waals surface area contributed by atoms with Crippen molar-refractivity contribution in [3.8, 4) is 0 Å². The molecule has 1 aliphatic heterocycles. The molecule has 1 fully saturated rings. The summed E-state index contributed by atoms with van der Waals surface area (Å²) in [5.41, 5.74) is -4.78. The normalized spacial score (nSPS) is 34.5. The fourth-order valence-electron chi connectivity index (χ4n) is 5.17. The lowest BCUT2D eigenvalue weighted by Gasteiger charge is -2.46. The molecule has 3 aliphatic rings. The van der Waals surface area contributed by atoms with Crippen molar-refractivity contribution >= 4 is 23.3 Å². The van der Waals surface area contributed by atoms with Crippen molar-refractivity contribution in [1.82, 2.24) is 0 Å². The van der Waals surface area contributed by atoms with Gasteiger partial charge in [0.05, 0.1) is 18.5 Å². The summed E-state index contributed by atoms with van der Waals surface area (Å²) in [7, 11) is 0.917. The van der Waals surface area contributed by atoms with Crippen molar-refractivity contribution in [1.29, 1.82) is 0 Å². The zero-order valence-electron chi connectivity index (χ0n) is 14.7. The second kappa shape index (κ2) is 5.43. The molecule has 0 N–H and O–H groups in total. The summed E-state index contributed by atoms with van der Waals surface area (Å²) in [6.07, 6.45) is -1.95. The van der Waals surface area contributed by atoms with Gasteiger partial charge in [0, 0.05) is 5.92 Å². The summed E-state index contributed by atoms with van der Waals surface area (Å²) in [5, 5.41) is 5.16. The third kappa shape index (κ3) is 1.83. The summed E-state index contributed by atoms with van der Waals surface area (Å²) in [6.45, 7) is 1.39. The molecule has 1 spiro atoms. The molecule has 4 atom stereocenters. The van der Waals surface area contributed by atoms with Gasteiger partial charge in [-0.25, -0.2) is 0 Å². The van der Waals surface area contributed by atoms with Gasteiger partial charge in [0.25, 0.3) is 5.91 Å². The number of rotatable bonds is 2. The molecule has 8 heteroatoms. The molecule has 0 radical (unpaired) electrons. The molecule has 0 saturated heterocycles. The van der Waals surface area contributed by atoms with Gasteiger partial charge in [-0.1, -0.05) is 30.4 Å². The van der Waals surface area contributed by atoms with E-state index in [4.69, 9.17) is 0 Å². The van der Waals surface area contributed by atoms with Crippen molar-refractivity contribution < 1.29 is 27.5 Å². The minimum absolute atomic E-state index is 0.0177. The molecular weight excluding hydrogens is 361 g/mol. The maximum atomic E-state index is 14.5. The molecule has 0 aromatic heterocycles. The Bertz CT molecular complexity index is 880. The first kappa shape index (κ1) is 17.8. The number of anilines is 1. The highest BCUT2D eigenvalue weighted by atomic mass is 19.4. The van der Waals surface area contributed by atoms with Crippen LogP contribution >= 0.6 is 0 Å². The first-order valence-corrected chi connectivity index (χ1v) is 8.51. The Morgan fingerprint density at radius 2 is 1.85 bits per heavy atom. The lowest BCUT2D eigenvalue weighted by Crippen LogP contribution is -2.65. The van der Waals surface area contributed by atoms with Gasteiger partial charge >= 0.3 is 12.1 Å². The molecule has 2 aliphatic carbocycles. The van der Waals surface area contributed by atoms with Gasteiger partial charge in [0.15, 0.2) is 5.41 Å². The van der Waals surface area contributed by atoms with E-state index < -0.39 is 40.7 Å². The Kier molecular flexibility index (Phi) is 3.57. The molecule has 5 nitrogen and oxygen atoms in total. The molecule has 27 heavy (non-hydrogen) atoms. The van der Waals surface area contributed by atoms with E-state index in [2.05, 4.69) is 9.84 Å². The fraction of sp³-hybridized carbons (Fsp3) is 0.421. The number of fused-ring (bicyclic) bond motifs is 3. The number of para-hydroxylation sites is 1. The van der Waals surface area contributed by atoms with E-state index >= 15 is 0 Å². The van der Waals surface area contributed by atoms with Crippen LogP contribution in [0.5, 0.6) is 0 Å². The van der Waals surface area contributed by atoms with Crippen molar-refractivity contribution in [2.24, 2.45) is 27.8 Å². The number of alkyl halides is 3. The predicted molar refractivity (Wildman–Crippen MR) is 90.7 cm³/mol. The van der Waals surface area contributed by atoms with Crippen LogP contribution in [0.25, 0.3) is 0 Å². The van der Waals surface area contributed by atoms with E-state index in [1.807, 2.05) is 0 Å². The highest BCUT2D eigenvalue weighted by Crippen LogP contribution is 2.71. The molecular formula is C19H17F3N2O3. The standard InChI is InChI=1S/C19H17F3N2O3/c1-11-17(15(25)24(23-11)14-6-4-3-5-7-14)12-8-9-13(10-12)18(17,16(26)27-2)19(20,21)22/h3-9,12-13H,10H2,1-2H3/t12-,13+,17+,18+/m0/s1. The van der Waals surface area contributed by atoms with Crippen molar-refractivity contribution in [2.75, 3.05) is 12.1 Å². The van der Waals surface area contributed by atoms with Gasteiger partial charge in [-0.05, 0) is 31.4 Å². The summed E-state index contributed by atoms with van der Waals surface area (Å²) in [5.74, 6) is -4.22. The SMILES string of the molecule is COC(=O)[C@]1(C(F)(F)F)[C@@H]2C=C[C@@H](C2)[C@]12C(=O)N(c1ccccc1)N=C2C. The molecule has 2 bridgehead atoms. The Hall–Kier alpha value is -2.64. The van der Waals surface area contributed by atoms with E-state index in [-0.39, 0.29) is 12.1 Å². The van der Waals surface area contributed by atoms with Crippen LogP contribution in [0.15, 0.2) is 47.6 Å². The van der Waals surface area contributed by atoms with Crippen LogP contribution in [0.2, 0.25) is 0 Å². The van der Waals surface area contributed by atoms with Crippen molar-refractivity contribution in [3.05, 3.63) is 42.5 Å². The maximum Gasteiger partial charge on any atom is 0.406 e. The average molecular weight is 378 g/mol. The number of hydrazone groups is 1. The molecule has 4 rings (SSSR count). The second-order valence-corrected chi connectivity index (χ2v) is 7.08. The summed E-state index contributed by atoms with van der Waals surface area (Å²) < 4.78 is 48.2. The van der Waals surface area contributed by atoms with Crippen LogP contribution in [-0.4, -0.2) is 30.9 Å². The highest BCUT2D eigenvalue weighted by molar-refractivity contribution is 6.22. The maximum absolute atomic E-state index is 14.5. The number of hydrogen-bond donors (Lipinski definition) is 0. The van der Waals surface area contributed by atoms with Crippen LogP contribution in [-0.2, 0) is 14.3 Å². The van der Waals surface area contributed by atoms with Crippen molar-refractivity contribution in [2.45, 2.75) is 19.5 Å². The predicted octanol–water partition coefficient (Wildman–Crippen LogP) is 3.32. The Morgan fingerprint density at radius 3 is 2.44 bits per heavy atom.